The first-order chi connectivity index (χ1) is 16.1. The van der Waals surface area contributed by atoms with Crippen LogP contribution in [0.25, 0.3) is 10.8 Å². The molecular formula is C26H35FN4O3. The van der Waals surface area contributed by atoms with Crippen LogP contribution in [0.1, 0.15) is 32.8 Å². The van der Waals surface area contributed by atoms with Crippen molar-refractivity contribution in [1.29, 1.82) is 0 Å². The van der Waals surface area contributed by atoms with Crippen molar-refractivity contribution in [2.24, 2.45) is 5.92 Å². The van der Waals surface area contributed by atoms with Gasteiger partial charge in [-0.05, 0) is 63.3 Å². The van der Waals surface area contributed by atoms with Crippen molar-refractivity contribution in [1.82, 2.24) is 9.88 Å². The van der Waals surface area contributed by atoms with E-state index in [1.54, 1.807) is 0 Å². The number of benzene rings is 1. The number of carbonyl (C=O) groups excluding carboxylic acids is 1. The van der Waals surface area contributed by atoms with Gasteiger partial charge in [0.25, 0.3) is 0 Å². The molecule has 0 spiro atoms. The van der Waals surface area contributed by atoms with Crippen LogP contribution >= 0.6 is 0 Å². The van der Waals surface area contributed by atoms with Gasteiger partial charge in [-0.25, -0.2) is 9.37 Å². The minimum Gasteiger partial charge on any atom is -0.376 e. The summed E-state index contributed by atoms with van der Waals surface area (Å²) in [4.78, 5) is 21.8. The van der Waals surface area contributed by atoms with E-state index in [1.807, 2.05) is 33.0 Å². The van der Waals surface area contributed by atoms with Gasteiger partial charge in [-0.1, -0.05) is 0 Å². The highest BCUT2D eigenvalue weighted by Gasteiger charge is 2.46. The number of hydrogen-bond acceptors (Lipinski definition) is 6. The third kappa shape index (κ3) is 4.39. The van der Waals surface area contributed by atoms with Gasteiger partial charge in [0, 0.05) is 43.4 Å². The van der Waals surface area contributed by atoms with E-state index in [2.05, 4.69) is 39.2 Å². The Morgan fingerprint density at radius 3 is 2.53 bits per heavy atom. The van der Waals surface area contributed by atoms with E-state index in [1.165, 1.54) is 11.3 Å². The van der Waals surface area contributed by atoms with Crippen molar-refractivity contribution >= 4 is 28.2 Å². The number of piperazine rings is 1. The molecule has 5 rings (SSSR count). The van der Waals surface area contributed by atoms with Crippen LogP contribution in [0.3, 0.4) is 0 Å². The first-order valence-corrected chi connectivity index (χ1v) is 12.2. The second-order valence-electron chi connectivity index (χ2n) is 10.8. The van der Waals surface area contributed by atoms with Crippen molar-refractivity contribution in [2.75, 3.05) is 56.2 Å². The van der Waals surface area contributed by atoms with E-state index in [0.29, 0.717) is 25.5 Å². The number of anilines is 2. The van der Waals surface area contributed by atoms with Crippen LogP contribution in [0.15, 0.2) is 24.4 Å². The highest BCUT2D eigenvalue weighted by Crippen LogP contribution is 2.33. The minimum absolute atomic E-state index is 0.0450. The molecule has 4 heterocycles. The number of carbonyl (C=O) groups is 1. The van der Waals surface area contributed by atoms with E-state index in [0.717, 1.165) is 37.0 Å². The minimum atomic E-state index is -0.940. The maximum absolute atomic E-state index is 14.5. The lowest BCUT2D eigenvalue weighted by Gasteiger charge is -2.45. The Hall–Kier alpha value is -2.29. The molecule has 1 aromatic carbocycles. The van der Waals surface area contributed by atoms with Crippen molar-refractivity contribution in [3.05, 3.63) is 30.0 Å². The molecule has 3 fully saturated rings. The summed E-state index contributed by atoms with van der Waals surface area (Å²) < 4.78 is 25.6. The Morgan fingerprint density at radius 1 is 1.12 bits per heavy atom. The van der Waals surface area contributed by atoms with Crippen LogP contribution in [0.4, 0.5) is 15.9 Å². The first kappa shape index (κ1) is 23.5. The van der Waals surface area contributed by atoms with Crippen molar-refractivity contribution in [3.8, 4) is 0 Å². The normalized spacial score (nSPS) is 29.6. The molecule has 1 amide bonds. The molecule has 3 aliphatic heterocycles. The quantitative estimate of drug-likeness (QED) is 0.737. The zero-order valence-electron chi connectivity index (χ0n) is 20.6. The van der Waals surface area contributed by atoms with Gasteiger partial charge in [0.1, 0.15) is 12.0 Å². The number of fused-ring (bicyclic) bond motifs is 1. The number of amides is 1. The van der Waals surface area contributed by atoms with Gasteiger partial charge in [0.2, 0.25) is 5.91 Å². The molecule has 1 N–H and O–H groups in total. The molecule has 0 bridgehead atoms. The molecule has 8 heteroatoms. The number of ether oxygens (including phenoxy) is 2. The second-order valence-corrected chi connectivity index (χ2v) is 10.8. The highest BCUT2D eigenvalue weighted by atomic mass is 19.1. The predicted octanol–water partition coefficient (Wildman–Crippen LogP) is 3.55. The molecule has 34 heavy (non-hydrogen) atoms. The van der Waals surface area contributed by atoms with E-state index in [4.69, 9.17) is 9.47 Å². The van der Waals surface area contributed by atoms with E-state index < -0.39 is 11.7 Å². The molecule has 184 valence electrons. The Labute approximate surface area is 200 Å². The standard InChI is InChI=1S/C26H35FN4O3/c1-17-9-19-13-28-23(29-24(32)20-12-25(2,3)34-14-20)11-18(19)10-21(17)30-5-7-31(8-6-30)26(4)16-33-15-22(26)27/h9-11,13,20,22H,5-8,12,14-16H2,1-4H3,(H,28,29,32)/t20-,22-,26+/m0/s1. The molecule has 1 aromatic heterocycles. The highest BCUT2D eigenvalue weighted by molar-refractivity contribution is 5.95. The topological polar surface area (TPSA) is 66.9 Å². The zero-order chi connectivity index (χ0) is 24.1. The molecule has 2 aromatic rings. The smallest absolute Gasteiger partial charge is 0.231 e. The third-order valence-corrected chi connectivity index (χ3v) is 7.75. The largest absolute Gasteiger partial charge is 0.376 e. The Kier molecular flexibility index (Phi) is 6.02. The van der Waals surface area contributed by atoms with Gasteiger partial charge < -0.3 is 19.7 Å². The number of nitrogens with one attached hydrogen (secondary N) is 1. The summed E-state index contributed by atoms with van der Waals surface area (Å²) in [7, 11) is 0. The van der Waals surface area contributed by atoms with Crippen LogP contribution in [0, 0.1) is 12.8 Å². The molecular weight excluding hydrogens is 435 g/mol. The summed E-state index contributed by atoms with van der Waals surface area (Å²) in [6.07, 6.45) is 1.58. The fourth-order valence-corrected chi connectivity index (χ4v) is 5.53. The number of halogens is 1. The number of rotatable bonds is 4. The van der Waals surface area contributed by atoms with Gasteiger partial charge >= 0.3 is 0 Å². The van der Waals surface area contributed by atoms with Crippen molar-refractivity contribution in [3.63, 3.8) is 0 Å². The Morgan fingerprint density at radius 2 is 1.88 bits per heavy atom. The number of nitrogens with zero attached hydrogens (tertiary/aromatic N) is 3. The summed E-state index contributed by atoms with van der Waals surface area (Å²) >= 11 is 0. The lowest BCUT2D eigenvalue weighted by Crippen LogP contribution is -2.59. The summed E-state index contributed by atoms with van der Waals surface area (Å²) in [6.45, 7) is 12.5. The molecule has 0 aliphatic carbocycles. The van der Waals surface area contributed by atoms with E-state index in [-0.39, 0.29) is 24.0 Å². The summed E-state index contributed by atoms with van der Waals surface area (Å²) in [5.41, 5.74) is 1.57. The summed E-state index contributed by atoms with van der Waals surface area (Å²) in [5.74, 6) is 0.356. The van der Waals surface area contributed by atoms with E-state index >= 15 is 0 Å². The average Bonchev–Trinajstić information content (AvgIpc) is 3.35. The fourth-order valence-electron chi connectivity index (χ4n) is 5.53. The zero-order valence-corrected chi connectivity index (χ0v) is 20.6. The second kappa shape index (κ2) is 8.73. The van der Waals surface area contributed by atoms with Gasteiger partial charge in [0.05, 0.1) is 36.9 Å². The fraction of sp³-hybridized carbons (Fsp3) is 0.615. The van der Waals surface area contributed by atoms with Crippen LogP contribution < -0.4 is 10.2 Å². The lowest BCUT2D eigenvalue weighted by atomic mass is 9.96. The van der Waals surface area contributed by atoms with Crippen molar-refractivity contribution in [2.45, 2.75) is 51.4 Å². The molecule has 0 unspecified atom stereocenters. The van der Waals surface area contributed by atoms with Gasteiger partial charge in [-0.15, -0.1) is 0 Å². The number of aromatic nitrogens is 1. The maximum Gasteiger partial charge on any atom is 0.231 e. The number of hydrogen-bond donors (Lipinski definition) is 1. The Bertz CT molecular complexity index is 1090. The molecule has 3 atom stereocenters. The predicted molar refractivity (Wildman–Crippen MR) is 131 cm³/mol. The maximum atomic E-state index is 14.5. The van der Waals surface area contributed by atoms with Crippen LogP contribution in [-0.2, 0) is 14.3 Å². The molecule has 7 nitrogen and oxygen atoms in total. The van der Waals surface area contributed by atoms with Crippen LogP contribution in [0.2, 0.25) is 0 Å². The van der Waals surface area contributed by atoms with Crippen LogP contribution in [-0.4, -0.2) is 79.1 Å². The number of aryl methyl sites for hydroxylation is 1. The Balaban J connectivity index is 1.30. The van der Waals surface area contributed by atoms with Crippen LogP contribution in [0.5, 0.6) is 0 Å². The SMILES string of the molecule is Cc1cc2cnc(NC(=O)[C@@H]3COC(C)(C)C3)cc2cc1N1CCN([C@]2(C)COC[C@@H]2F)CC1. The lowest BCUT2D eigenvalue weighted by molar-refractivity contribution is -0.119. The average molecular weight is 471 g/mol. The van der Waals surface area contributed by atoms with Gasteiger partial charge in [0.15, 0.2) is 0 Å². The monoisotopic (exact) mass is 470 g/mol. The van der Waals surface area contributed by atoms with Crippen molar-refractivity contribution < 1.29 is 18.7 Å². The summed E-state index contributed by atoms with van der Waals surface area (Å²) in [5, 5.41) is 5.05. The molecule has 3 saturated heterocycles. The molecule has 0 saturated carbocycles. The number of pyridine rings is 1. The molecule has 0 radical (unpaired) electrons. The molecule has 3 aliphatic rings. The third-order valence-electron chi connectivity index (χ3n) is 7.75. The number of alkyl halides is 1. The van der Waals surface area contributed by atoms with E-state index in [9.17, 15) is 9.18 Å². The van der Waals surface area contributed by atoms with Gasteiger partial charge in [-0.3, -0.25) is 9.69 Å². The van der Waals surface area contributed by atoms with Gasteiger partial charge in [-0.2, -0.15) is 0 Å². The summed E-state index contributed by atoms with van der Waals surface area (Å²) in [6, 6.07) is 6.27. The first-order valence-electron chi connectivity index (χ1n) is 12.2.